The zero-order valence-electron chi connectivity index (χ0n) is 11.9. The minimum atomic E-state index is -0.395. The standard InChI is InChI=1S/C18H17NO2/c1-13(20)14-6-5-9-16(12-14)19-17(21)18(10-11-18)15-7-3-2-4-8-15/h2-9,12H,10-11H2,1H3,(H,19,21). The van der Waals surface area contributed by atoms with Crippen molar-refractivity contribution in [2.75, 3.05) is 5.32 Å². The topological polar surface area (TPSA) is 46.2 Å². The van der Waals surface area contributed by atoms with Crippen LogP contribution in [0.3, 0.4) is 0 Å². The number of hydrogen-bond donors (Lipinski definition) is 1. The molecule has 0 heterocycles. The van der Waals surface area contributed by atoms with Gasteiger partial charge in [-0.2, -0.15) is 0 Å². The quantitative estimate of drug-likeness (QED) is 0.870. The van der Waals surface area contributed by atoms with E-state index in [4.69, 9.17) is 0 Å². The van der Waals surface area contributed by atoms with Gasteiger partial charge in [-0.1, -0.05) is 42.5 Å². The smallest absolute Gasteiger partial charge is 0.235 e. The van der Waals surface area contributed by atoms with E-state index in [2.05, 4.69) is 5.32 Å². The van der Waals surface area contributed by atoms with E-state index in [0.29, 0.717) is 11.3 Å². The van der Waals surface area contributed by atoms with E-state index in [1.165, 1.54) is 6.92 Å². The van der Waals surface area contributed by atoms with E-state index in [1.54, 1.807) is 18.2 Å². The summed E-state index contributed by atoms with van der Waals surface area (Å²) in [4.78, 5) is 24.0. The predicted octanol–water partition coefficient (Wildman–Crippen LogP) is 3.56. The highest BCUT2D eigenvalue weighted by atomic mass is 16.2. The van der Waals surface area contributed by atoms with Crippen molar-refractivity contribution in [1.29, 1.82) is 0 Å². The minimum absolute atomic E-state index is 0.00436. The number of benzene rings is 2. The molecule has 1 aliphatic carbocycles. The van der Waals surface area contributed by atoms with Crippen LogP contribution >= 0.6 is 0 Å². The lowest BCUT2D eigenvalue weighted by Gasteiger charge is -2.16. The lowest BCUT2D eigenvalue weighted by atomic mass is 9.95. The second kappa shape index (κ2) is 5.17. The van der Waals surface area contributed by atoms with Gasteiger partial charge in [-0.3, -0.25) is 9.59 Å². The molecule has 2 aromatic rings. The molecule has 1 aliphatic rings. The van der Waals surface area contributed by atoms with Crippen LogP contribution in [0.25, 0.3) is 0 Å². The number of carbonyl (C=O) groups excluding carboxylic acids is 2. The first-order valence-electron chi connectivity index (χ1n) is 7.10. The van der Waals surface area contributed by atoms with Gasteiger partial charge in [0.2, 0.25) is 5.91 Å². The predicted molar refractivity (Wildman–Crippen MR) is 82.4 cm³/mol. The molecule has 1 amide bonds. The minimum Gasteiger partial charge on any atom is -0.325 e. The summed E-state index contributed by atoms with van der Waals surface area (Å²) >= 11 is 0. The molecular formula is C18H17NO2. The zero-order valence-corrected chi connectivity index (χ0v) is 11.9. The van der Waals surface area contributed by atoms with Crippen LogP contribution in [0.2, 0.25) is 0 Å². The molecule has 3 rings (SSSR count). The number of ketones is 1. The first-order chi connectivity index (χ1) is 10.1. The maximum Gasteiger partial charge on any atom is 0.235 e. The van der Waals surface area contributed by atoms with Gasteiger partial charge >= 0.3 is 0 Å². The Kier molecular flexibility index (Phi) is 3.34. The molecule has 0 radical (unpaired) electrons. The molecule has 0 atom stereocenters. The maximum absolute atomic E-state index is 12.6. The van der Waals surface area contributed by atoms with Crippen LogP contribution in [0, 0.1) is 0 Å². The van der Waals surface area contributed by atoms with Crippen molar-refractivity contribution in [3.63, 3.8) is 0 Å². The van der Waals surface area contributed by atoms with Crippen LogP contribution < -0.4 is 5.32 Å². The Hall–Kier alpha value is -2.42. The molecule has 1 saturated carbocycles. The molecule has 0 aromatic heterocycles. The van der Waals surface area contributed by atoms with Gasteiger partial charge in [0, 0.05) is 11.3 Å². The van der Waals surface area contributed by atoms with Gasteiger partial charge in [0.05, 0.1) is 5.41 Å². The number of hydrogen-bond acceptors (Lipinski definition) is 2. The van der Waals surface area contributed by atoms with E-state index in [0.717, 1.165) is 18.4 Å². The van der Waals surface area contributed by atoms with E-state index >= 15 is 0 Å². The molecule has 0 spiro atoms. The lowest BCUT2D eigenvalue weighted by Crippen LogP contribution is -2.27. The van der Waals surface area contributed by atoms with Crippen molar-refractivity contribution in [3.05, 3.63) is 65.7 Å². The molecule has 2 aromatic carbocycles. The van der Waals surface area contributed by atoms with Crippen molar-refractivity contribution in [2.24, 2.45) is 0 Å². The second-order valence-corrected chi connectivity index (χ2v) is 5.54. The fraction of sp³-hybridized carbons (Fsp3) is 0.222. The molecule has 106 valence electrons. The molecule has 21 heavy (non-hydrogen) atoms. The van der Waals surface area contributed by atoms with Gasteiger partial charge in [0.25, 0.3) is 0 Å². The number of rotatable bonds is 4. The van der Waals surface area contributed by atoms with Crippen molar-refractivity contribution >= 4 is 17.4 Å². The molecule has 1 N–H and O–H groups in total. The first kappa shape index (κ1) is 13.6. The van der Waals surface area contributed by atoms with Gasteiger partial charge in [0.15, 0.2) is 5.78 Å². The summed E-state index contributed by atoms with van der Waals surface area (Å²) in [6.07, 6.45) is 1.74. The summed E-state index contributed by atoms with van der Waals surface area (Å²) in [6.45, 7) is 1.52. The summed E-state index contributed by atoms with van der Waals surface area (Å²) in [5, 5.41) is 2.95. The van der Waals surface area contributed by atoms with Gasteiger partial charge in [-0.05, 0) is 37.5 Å². The Bertz CT molecular complexity index is 687. The van der Waals surface area contributed by atoms with Gasteiger partial charge in [-0.15, -0.1) is 0 Å². The molecule has 0 saturated heterocycles. The number of anilines is 1. The fourth-order valence-electron chi connectivity index (χ4n) is 2.60. The Morgan fingerprint density at radius 1 is 1.00 bits per heavy atom. The van der Waals surface area contributed by atoms with E-state index in [1.807, 2.05) is 36.4 Å². The number of amides is 1. The highest BCUT2D eigenvalue weighted by Crippen LogP contribution is 2.48. The molecule has 0 unspecified atom stereocenters. The zero-order chi connectivity index (χ0) is 14.9. The Morgan fingerprint density at radius 2 is 1.71 bits per heavy atom. The van der Waals surface area contributed by atoms with Crippen LogP contribution in [0.4, 0.5) is 5.69 Å². The van der Waals surface area contributed by atoms with Crippen molar-refractivity contribution < 1.29 is 9.59 Å². The molecule has 3 heteroatoms. The molecular weight excluding hydrogens is 262 g/mol. The average molecular weight is 279 g/mol. The molecule has 1 fully saturated rings. The SMILES string of the molecule is CC(=O)c1cccc(NC(=O)C2(c3ccccc3)CC2)c1. The van der Waals surface area contributed by atoms with Crippen LogP contribution in [0.15, 0.2) is 54.6 Å². The third kappa shape index (κ3) is 2.59. The van der Waals surface area contributed by atoms with Crippen LogP contribution in [0.1, 0.15) is 35.7 Å². The summed E-state index contributed by atoms with van der Waals surface area (Å²) in [7, 11) is 0. The highest BCUT2D eigenvalue weighted by molar-refractivity contribution is 6.02. The molecule has 0 aliphatic heterocycles. The number of nitrogens with one attached hydrogen (secondary N) is 1. The van der Waals surface area contributed by atoms with E-state index in [9.17, 15) is 9.59 Å². The fourth-order valence-corrected chi connectivity index (χ4v) is 2.60. The normalized spacial score (nSPS) is 15.3. The lowest BCUT2D eigenvalue weighted by molar-refractivity contribution is -0.118. The number of carbonyl (C=O) groups is 2. The third-order valence-corrected chi connectivity index (χ3v) is 4.04. The van der Waals surface area contributed by atoms with Crippen molar-refractivity contribution in [2.45, 2.75) is 25.2 Å². The van der Waals surface area contributed by atoms with E-state index in [-0.39, 0.29) is 11.7 Å². The van der Waals surface area contributed by atoms with Crippen molar-refractivity contribution in [1.82, 2.24) is 0 Å². The van der Waals surface area contributed by atoms with E-state index < -0.39 is 5.41 Å². The monoisotopic (exact) mass is 279 g/mol. The molecule has 3 nitrogen and oxygen atoms in total. The Labute approximate surface area is 124 Å². The largest absolute Gasteiger partial charge is 0.325 e. The second-order valence-electron chi connectivity index (χ2n) is 5.54. The van der Waals surface area contributed by atoms with Crippen LogP contribution in [0.5, 0.6) is 0 Å². The van der Waals surface area contributed by atoms with Gasteiger partial charge in [0.1, 0.15) is 0 Å². The Morgan fingerprint density at radius 3 is 2.33 bits per heavy atom. The first-order valence-corrected chi connectivity index (χ1v) is 7.10. The molecule has 0 bridgehead atoms. The highest BCUT2D eigenvalue weighted by Gasteiger charge is 2.51. The summed E-state index contributed by atoms with van der Waals surface area (Å²) in [6, 6.07) is 16.9. The summed E-state index contributed by atoms with van der Waals surface area (Å²) in [5.74, 6) is 0.00435. The van der Waals surface area contributed by atoms with Gasteiger partial charge in [-0.25, -0.2) is 0 Å². The summed E-state index contributed by atoms with van der Waals surface area (Å²) < 4.78 is 0. The average Bonchev–Trinajstić information content (AvgIpc) is 3.30. The van der Waals surface area contributed by atoms with Crippen molar-refractivity contribution in [3.8, 4) is 0 Å². The Balaban J connectivity index is 1.81. The third-order valence-electron chi connectivity index (χ3n) is 4.04. The van der Waals surface area contributed by atoms with Crippen LogP contribution in [-0.2, 0) is 10.2 Å². The summed E-state index contributed by atoms with van der Waals surface area (Å²) in [5.41, 5.74) is 1.95. The van der Waals surface area contributed by atoms with Gasteiger partial charge < -0.3 is 5.32 Å². The maximum atomic E-state index is 12.6. The van der Waals surface area contributed by atoms with Crippen LogP contribution in [-0.4, -0.2) is 11.7 Å². The number of Topliss-reactive ketones (excluding diaryl/α,β-unsaturated/α-hetero) is 1.